The van der Waals surface area contributed by atoms with Gasteiger partial charge in [0.25, 0.3) is 5.91 Å². The summed E-state index contributed by atoms with van der Waals surface area (Å²) in [5.41, 5.74) is 3.23. The summed E-state index contributed by atoms with van der Waals surface area (Å²) < 4.78 is 5.73. The Labute approximate surface area is 161 Å². The largest absolute Gasteiger partial charge is 0.451 e. The molecule has 134 valence electrons. The molecule has 6 heteroatoms. The first kappa shape index (κ1) is 17.3. The van der Waals surface area contributed by atoms with E-state index >= 15 is 0 Å². The Morgan fingerprint density at radius 3 is 2.69 bits per heavy atom. The third-order valence-corrected chi connectivity index (χ3v) is 5.85. The SMILES string of the molecule is Cc1c(C(=O)Nc2ccc(N3CCSCC3)c(Cl)c2)oc2ccccc12. The smallest absolute Gasteiger partial charge is 0.291 e. The molecule has 1 aromatic heterocycles. The Bertz CT molecular complexity index is 964. The number of amides is 1. The minimum Gasteiger partial charge on any atom is -0.451 e. The summed E-state index contributed by atoms with van der Waals surface area (Å²) in [4.78, 5) is 14.9. The first-order valence-corrected chi connectivity index (χ1v) is 10.1. The number of rotatable bonds is 3. The van der Waals surface area contributed by atoms with E-state index < -0.39 is 0 Å². The highest BCUT2D eigenvalue weighted by atomic mass is 35.5. The number of nitrogens with one attached hydrogen (secondary N) is 1. The standard InChI is InChI=1S/C20H19ClN2O2S/c1-13-15-4-2-3-5-18(15)25-19(13)20(24)22-14-6-7-17(16(21)12-14)23-8-10-26-11-9-23/h2-7,12H,8-11H2,1H3,(H,22,24). The number of hydrogen-bond donors (Lipinski definition) is 1. The van der Waals surface area contributed by atoms with E-state index in [9.17, 15) is 4.79 Å². The van der Waals surface area contributed by atoms with Crippen LogP contribution < -0.4 is 10.2 Å². The molecule has 0 atom stereocenters. The van der Waals surface area contributed by atoms with E-state index in [1.165, 1.54) is 0 Å². The normalized spacial score (nSPS) is 14.6. The van der Waals surface area contributed by atoms with Gasteiger partial charge in [0.1, 0.15) is 5.58 Å². The molecule has 1 amide bonds. The van der Waals surface area contributed by atoms with Crippen molar-refractivity contribution in [3.05, 3.63) is 58.8 Å². The van der Waals surface area contributed by atoms with E-state index in [0.717, 1.165) is 41.2 Å². The lowest BCUT2D eigenvalue weighted by molar-refractivity contribution is 0.0998. The second-order valence-corrected chi connectivity index (χ2v) is 7.90. The maximum Gasteiger partial charge on any atom is 0.291 e. The highest BCUT2D eigenvalue weighted by molar-refractivity contribution is 7.99. The van der Waals surface area contributed by atoms with Crippen molar-refractivity contribution in [3.8, 4) is 0 Å². The Morgan fingerprint density at radius 2 is 1.96 bits per heavy atom. The van der Waals surface area contributed by atoms with Crippen LogP contribution in [0.5, 0.6) is 0 Å². The Morgan fingerprint density at radius 1 is 1.19 bits per heavy atom. The van der Waals surface area contributed by atoms with Crippen LogP contribution in [0.2, 0.25) is 5.02 Å². The van der Waals surface area contributed by atoms with Gasteiger partial charge in [-0.3, -0.25) is 4.79 Å². The fourth-order valence-electron chi connectivity index (χ4n) is 3.22. The fourth-order valence-corrected chi connectivity index (χ4v) is 4.43. The van der Waals surface area contributed by atoms with Crippen molar-refractivity contribution >= 4 is 51.6 Å². The second-order valence-electron chi connectivity index (χ2n) is 6.27. The second kappa shape index (κ2) is 7.25. The van der Waals surface area contributed by atoms with Gasteiger partial charge < -0.3 is 14.6 Å². The highest BCUT2D eigenvalue weighted by Crippen LogP contribution is 2.31. The summed E-state index contributed by atoms with van der Waals surface area (Å²) in [5, 5.41) is 4.49. The summed E-state index contributed by atoms with van der Waals surface area (Å²) in [7, 11) is 0. The molecule has 1 saturated heterocycles. The molecular weight excluding hydrogens is 368 g/mol. The van der Waals surface area contributed by atoms with Gasteiger partial charge in [-0.05, 0) is 31.2 Å². The van der Waals surface area contributed by atoms with Gasteiger partial charge in [-0.25, -0.2) is 0 Å². The van der Waals surface area contributed by atoms with Gasteiger partial charge in [-0.15, -0.1) is 0 Å². The molecule has 0 bridgehead atoms. The first-order valence-electron chi connectivity index (χ1n) is 8.55. The van der Waals surface area contributed by atoms with Crippen LogP contribution in [-0.2, 0) is 0 Å². The minimum atomic E-state index is -0.267. The predicted molar refractivity (Wildman–Crippen MR) is 110 cm³/mol. The number of benzene rings is 2. The van der Waals surface area contributed by atoms with Crippen LogP contribution in [0.1, 0.15) is 16.1 Å². The van der Waals surface area contributed by atoms with Crippen LogP contribution in [-0.4, -0.2) is 30.5 Å². The summed E-state index contributed by atoms with van der Waals surface area (Å²) in [6.45, 7) is 3.88. The molecule has 1 N–H and O–H groups in total. The van der Waals surface area contributed by atoms with Crippen molar-refractivity contribution in [3.63, 3.8) is 0 Å². The van der Waals surface area contributed by atoms with Gasteiger partial charge in [-0.1, -0.05) is 29.8 Å². The lowest BCUT2D eigenvalue weighted by atomic mass is 10.1. The molecule has 4 nitrogen and oxygen atoms in total. The molecule has 0 unspecified atom stereocenters. The molecule has 4 rings (SSSR count). The summed E-state index contributed by atoms with van der Waals surface area (Å²) in [6.07, 6.45) is 0. The summed E-state index contributed by atoms with van der Waals surface area (Å²) >= 11 is 8.42. The van der Waals surface area contributed by atoms with E-state index in [1.807, 2.05) is 55.1 Å². The monoisotopic (exact) mass is 386 g/mol. The number of nitrogens with zero attached hydrogens (tertiary/aromatic N) is 1. The molecule has 1 aliphatic rings. The average Bonchev–Trinajstić information content (AvgIpc) is 3.00. The lowest BCUT2D eigenvalue weighted by Gasteiger charge is -2.29. The zero-order chi connectivity index (χ0) is 18.1. The zero-order valence-electron chi connectivity index (χ0n) is 14.4. The molecule has 0 radical (unpaired) electrons. The number of anilines is 2. The topological polar surface area (TPSA) is 45.5 Å². The number of thioether (sulfide) groups is 1. The molecule has 1 fully saturated rings. The summed E-state index contributed by atoms with van der Waals surface area (Å²) in [5.74, 6) is 2.29. The molecule has 26 heavy (non-hydrogen) atoms. The average molecular weight is 387 g/mol. The molecule has 3 aromatic rings. The maximum atomic E-state index is 12.6. The number of carbonyl (C=O) groups is 1. The van der Waals surface area contributed by atoms with Crippen molar-refractivity contribution in [2.45, 2.75) is 6.92 Å². The number of halogens is 1. The van der Waals surface area contributed by atoms with Crippen LogP contribution >= 0.6 is 23.4 Å². The van der Waals surface area contributed by atoms with Crippen LogP contribution in [0.25, 0.3) is 11.0 Å². The summed E-state index contributed by atoms with van der Waals surface area (Å²) in [6, 6.07) is 13.3. The predicted octanol–water partition coefficient (Wildman–Crippen LogP) is 5.20. The van der Waals surface area contributed by atoms with Gasteiger partial charge in [0, 0.05) is 41.2 Å². The fraction of sp³-hybridized carbons (Fsp3) is 0.250. The third-order valence-electron chi connectivity index (χ3n) is 4.61. The van der Waals surface area contributed by atoms with Gasteiger partial charge in [0.05, 0.1) is 10.7 Å². The minimum absolute atomic E-state index is 0.267. The van der Waals surface area contributed by atoms with Crippen LogP contribution in [0.4, 0.5) is 11.4 Å². The highest BCUT2D eigenvalue weighted by Gasteiger charge is 2.19. The number of carbonyl (C=O) groups excluding carboxylic acids is 1. The van der Waals surface area contributed by atoms with E-state index in [4.69, 9.17) is 16.0 Å². The molecule has 0 spiro atoms. The van der Waals surface area contributed by atoms with Crippen molar-refractivity contribution in [2.24, 2.45) is 0 Å². The van der Waals surface area contributed by atoms with E-state index in [0.29, 0.717) is 22.1 Å². The first-order chi connectivity index (χ1) is 12.6. The Hall–Kier alpha value is -2.11. The van der Waals surface area contributed by atoms with E-state index in [1.54, 1.807) is 6.07 Å². The van der Waals surface area contributed by atoms with Crippen molar-refractivity contribution in [2.75, 3.05) is 34.8 Å². The van der Waals surface area contributed by atoms with Crippen LogP contribution in [0.3, 0.4) is 0 Å². The van der Waals surface area contributed by atoms with Gasteiger partial charge in [0.2, 0.25) is 0 Å². The lowest BCUT2D eigenvalue weighted by Crippen LogP contribution is -2.32. The number of para-hydroxylation sites is 1. The van der Waals surface area contributed by atoms with Gasteiger partial charge >= 0.3 is 0 Å². The van der Waals surface area contributed by atoms with Crippen LogP contribution in [0, 0.1) is 6.92 Å². The maximum absolute atomic E-state index is 12.6. The van der Waals surface area contributed by atoms with E-state index in [-0.39, 0.29) is 5.91 Å². The van der Waals surface area contributed by atoms with Crippen molar-refractivity contribution in [1.29, 1.82) is 0 Å². The molecular formula is C20H19ClN2O2S. The number of hydrogen-bond acceptors (Lipinski definition) is 4. The number of aryl methyl sites for hydroxylation is 1. The Balaban J connectivity index is 1.55. The van der Waals surface area contributed by atoms with Gasteiger partial charge in [0.15, 0.2) is 5.76 Å². The number of furan rings is 1. The van der Waals surface area contributed by atoms with Crippen LogP contribution in [0.15, 0.2) is 46.9 Å². The van der Waals surface area contributed by atoms with Crippen molar-refractivity contribution < 1.29 is 9.21 Å². The zero-order valence-corrected chi connectivity index (χ0v) is 16.0. The molecule has 2 aromatic carbocycles. The third kappa shape index (κ3) is 3.29. The number of fused-ring (bicyclic) bond motifs is 1. The Kier molecular flexibility index (Phi) is 4.83. The molecule has 1 aliphatic heterocycles. The molecule has 0 saturated carbocycles. The van der Waals surface area contributed by atoms with Crippen molar-refractivity contribution in [1.82, 2.24) is 0 Å². The molecule has 2 heterocycles. The quantitative estimate of drug-likeness (QED) is 0.672. The van der Waals surface area contributed by atoms with E-state index in [2.05, 4.69) is 10.2 Å². The molecule has 0 aliphatic carbocycles. The van der Waals surface area contributed by atoms with Gasteiger partial charge in [-0.2, -0.15) is 11.8 Å².